The molecule has 13 heteroatoms. The number of primary sulfonamides is 1. The molecule has 4 aromatic rings. The Kier molecular flexibility index (Phi) is 6.13. The molecule has 182 valence electrons. The van der Waals surface area contributed by atoms with Gasteiger partial charge >= 0.3 is 0 Å². The second-order valence-corrected chi connectivity index (χ2v) is 10.8. The van der Waals surface area contributed by atoms with Crippen LogP contribution in [0.4, 0.5) is 11.8 Å². The van der Waals surface area contributed by atoms with Crippen LogP contribution in [0.15, 0.2) is 52.0 Å². The van der Waals surface area contributed by atoms with Gasteiger partial charge in [-0.3, -0.25) is 4.79 Å². The third kappa shape index (κ3) is 4.97. The van der Waals surface area contributed by atoms with Gasteiger partial charge in [0.15, 0.2) is 21.4 Å². The number of piperidine rings is 1. The van der Waals surface area contributed by atoms with Crippen molar-refractivity contribution in [2.75, 3.05) is 30.3 Å². The molecule has 1 aliphatic rings. The summed E-state index contributed by atoms with van der Waals surface area (Å²) >= 11 is 1.40. The Morgan fingerprint density at radius 2 is 1.97 bits per heavy atom. The first-order valence-corrected chi connectivity index (χ1v) is 13.3. The van der Waals surface area contributed by atoms with Crippen LogP contribution in [0.5, 0.6) is 0 Å². The van der Waals surface area contributed by atoms with Crippen LogP contribution in [0.1, 0.15) is 23.2 Å². The van der Waals surface area contributed by atoms with Crippen molar-refractivity contribution in [1.82, 2.24) is 20.3 Å². The maximum atomic E-state index is 12.5. The number of sulfonamides is 1. The number of thiazole rings is 1. The van der Waals surface area contributed by atoms with Crippen LogP contribution in [0.25, 0.3) is 21.1 Å². The van der Waals surface area contributed by atoms with Gasteiger partial charge in [0.05, 0.1) is 11.2 Å². The van der Waals surface area contributed by atoms with Gasteiger partial charge < -0.3 is 20.4 Å². The van der Waals surface area contributed by atoms with Crippen molar-refractivity contribution < 1.29 is 17.6 Å². The zero-order valence-electron chi connectivity index (χ0n) is 18.5. The number of nitrogens with one attached hydrogen (secondary N) is 1. The summed E-state index contributed by atoms with van der Waals surface area (Å²) in [7, 11) is -3.87. The molecule has 35 heavy (non-hydrogen) atoms. The third-order valence-corrected chi connectivity index (χ3v) is 7.75. The summed E-state index contributed by atoms with van der Waals surface area (Å²) < 4.78 is 28.5. The van der Waals surface area contributed by atoms with Gasteiger partial charge in [-0.2, -0.15) is 9.97 Å². The summed E-state index contributed by atoms with van der Waals surface area (Å²) in [5.74, 6) is 1.49. The van der Waals surface area contributed by atoms with Crippen LogP contribution >= 0.6 is 11.3 Å². The summed E-state index contributed by atoms with van der Waals surface area (Å²) in [6.07, 6.45) is 3.26. The molecule has 11 nitrogen and oxygen atoms in total. The molecular weight excluding hydrogens is 490 g/mol. The molecule has 1 aromatic carbocycles. The Labute approximate surface area is 205 Å². The van der Waals surface area contributed by atoms with Gasteiger partial charge in [0, 0.05) is 25.2 Å². The van der Waals surface area contributed by atoms with Crippen LogP contribution < -0.4 is 21.1 Å². The molecule has 0 radical (unpaired) electrons. The van der Waals surface area contributed by atoms with E-state index in [4.69, 9.17) is 15.3 Å². The molecule has 5 rings (SSSR count). The topological polar surface area (TPSA) is 170 Å². The number of nitrogens with zero attached hydrogens (tertiary/aromatic N) is 4. The Hall–Kier alpha value is -3.55. The van der Waals surface area contributed by atoms with Crippen molar-refractivity contribution in [2.45, 2.75) is 17.7 Å². The van der Waals surface area contributed by atoms with E-state index in [1.54, 1.807) is 18.4 Å². The van der Waals surface area contributed by atoms with Crippen LogP contribution in [-0.2, 0) is 10.0 Å². The minimum atomic E-state index is -3.87. The molecule has 0 spiro atoms. The van der Waals surface area contributed by atoms with Gasteiger partial charge in [-0.25, -0.2) is 18.5 Å². The number of fused-ring (bicyclic) bond motifs is 1. The van der Waals surface area contributed by atoms with Gasteiger partial charge in [0.1, 0.15) is 5.52 Å². The zero-order chi connectivity index (χ0) is 24.6. The van der Waals surface area contributed by atoms with Crippen molar-refractivity contribution in [3.05, 3.63) is 48.2 Å². The number of anilines is 2. The number of benzene rings is 1. The lowest BCUT2D eigenvalue weighted by atomic mass is 9.97. The normalized spacial score (nSPS) is 14.9. The lowest BCUT2D eigenvalue weighted by molar-refractivity contribution is 0.0944. The fourth-order valence-corrected chi connectivity index (χ4v) is 5.44. The first kappa shape index (κ1) is 23.2. The number of nitrogens with two attached hydrogens (primary N) is 2. The lowest BCUT2D eigenvalue weighted by Gasteiger charge is -2.32. The number of carbonyl (C=O) groups excluding carboxylic acids is 1. The highest BCUT2D eigenvalue weighted by Crippen LogP contribution is 2.33. The van der Waals surface area contributed by atoms with E-state index in [1.807, 2.05) is 6.07 Å². The molecule has 4 heterocycles. The number of rotatable bonds is 6. The first-order valence-electron chi connectivity index (χ1n) is 10.9. The van der Waals surface area contributed by atoms with E-state index in [0.29, 0.717) is 39.4 Å². The van der Waals surface area contributed by atoms with E-state index in [2.05, 4.69) is 25.2 Å². The average Bonchev–Trinajstić information content (AvgIpc) is 3.53. The van der Waals surface area contributed by atoms with Crippen molar-refractivity contribution in [3.8, 4) is 10.8 Å². The Balaban J connectivity index is 1.20. The molecule has 0 aliphatic carbocycles. The van der Waals surface area contributed by atoms with Gasteiger partial charge in [-0.15, -0.1) is 0 Å². The second-order valence-electron chi connectivity index (χ2n) is 8.27. The van der Waals surface area contributed by atoms with Crippen LogP contribution in [0, 0.1) is 5.92 Å². The molecule has 5 N–H and O–H groups in total. The number of nitrogen functional groups attached to an aromatic ring is 1. The quantitative estimate of drug-likeness (QED) is 0.350. The standard InChI is InChI=1S/C22H23N7O4S2/c23-18-17-21(34-20(26-17)16-5-2-10-33-16)28-22(27-18)29-8-6-13(7-9-29)12-25-19(30)14-3-1-4-15(11-14)35(24,31)32/h1-5,10-11,13H,6-9,12H2,(H,25,30)(H2,23,27,28)(H2,24,31,32). The SMILES string of the molecule is Nc1nc(N2CCC(CNC(=O)c3cccc(S(N)(=O)=O)c3)CC2)nc2sc(-c3ccco3)nc12. The van der Waals surface area contributed by atoms with Crippen LogP contribution in [0.3, 0.4) is 0 Å². The molecule has 1 saturated heterocycles. The summed E-state index contributed by atoms with van der Waals surface area (Å²) in [5.41, 5.74) is 6.99. The molecule has 1 fully saturated rings. The van der Waals surface area contributed by atoms with Crippen LogP contribution in [-0.4, -0.2) is 48.9 Å². The lowest BCUT2D eigenvalue weighted by Crippen LogP contribution is -2.39. The van der Waals surface area contributed by atoms with E-state index in [9.17, 15) is 13.2 Å². The fraction of sp³-hybridized carbons (Fsp3) is 0.273. The Bertz CT molecular complexity index is 1480. The molecule has 0 atom stereocenters. The zero-order valence-corrected chi connectivity index (χ0v) is 20.2. The average molecular weight is 514 g/mol. The summed E-state index contributed by atoms with van der Waals surface area (Å²) in [6.45, 7) is 1.92. The maximum Gasteiger partial charge on any atom is 0.251 e. The van der Waals surface area contributed by atoms with E-state index in [0.717, 1.165) is 25.9 Å². The first-order chi connectivity index (χ1) is 16.8. The summed E-state index contributed by atoms with van der Waals surface area (Å²) in [6, 6.07) is 9.33. The molecule has 0 saturated carbocycles. The predicted octanol–water partition coefficient (Wildman–Crippen LogP) is 2.22. The fourth-order valence-electron chi connectivity index (χ4n) is 3.97. The molecule has 0 bridgehead atoms. The largest absolute Gasteiger partial charge is 0.462 e. The molecule has 3 aromatic heterocycles. The molecular formula is C22H23N7O4S2. The van der Waals surface area contributed by atoms with Crippen molar-refractivity contribution >= 4 is 49.4 Å². The third-order valence-electron chi connectivity index (χ3n) is 5.88. The molecule has 1 aliphatic heterocycles. The number of carbonyl (C=O) groups is 1. The van der Waals surface area contributed by atoms with E-state index in [1.165, 1.54) is 29.5 Å². The number of furan rings is 1. The van der Waals surface area contributed by atoms with E-state index < -0.39 is 10.0 Å². The Morgan fingerprint density at radius 1 is 1.17 bits per heavy atom. The number of hydrogen-bond donors (Lipinski definition) is 3. The van der Waals surface area contributed by atoms with Gasteiger partial charge in [-0.1, -0.05) is 17.4 Å². The predicted molar refractivity (Wildman–Crippen MR) is 132 cm³/mol. The van der Waals surface area contributed by atoms with Gasteiger partial charge in [-0.05, 0) is 49.1 Å². The highest BCUT2D eigenvalue weighted by molar-refractivity contribution is 7.89. The van der Waals surface area contributed by atoms with Crippen LogP contribution in [0.2, 0.25) is 0 Å². The molecule has 1 amide bonds. The summed E-state index contributed by atoms with van der Waals surface area (Å²) in [5, 5.41) is 8.74. The highest BCUT2D eigenvalue weighted by atomic mass is 32.2. The smallest absolute Gasteiger partial charge is 0.251 e. The number of hydrogen-bond acceptors (Lipinski definition) is 10. The van der Waals surface area contributed by atoms with Gasteiger partial charge in [0.2, 0.25) is 16.0 Å². The monoisotopic (exact) mass is 513 g/mol. The van der Waals surface area contributed by atoms with Crippen molar-refractivity contribution in [2.24, 2.45) is 11.1 Å². The summed E-state index contributed by atoms with van der Waals surface area (Å²) in [4.78, 5) is 28.8. The second kappa shape index (κ2) is 9.24. The highest BCUT2D eigenvalue weighted by Gasteiger charge is 2.24. The minimum absolute atomic E-state index is 0.0908. The van der Waals surface area contributed by atoms with E-state index in [-0.39, 0.29) is 22.3 Å². The molecule has 0 unspecified atom stereocenters. The number of aromatic nitrogens is 3. The Morgan fingerprint density at radius 3 is 2.69 bits per heavy atom. The van der Waals surface area contributed by atoms with Crippen molar-refractivity contribution in [1.29, 1.82) is 0 Å². The minimum Gasteiger partial charge on any atom is -0.462 e. The maximum absolute atomic E-state index is 12.5. The van der Waals surface area contributed by atoms with Gasteiger partial charge in [0.25, 0.3) is 5.91 Å². The van der Waals surface area contributed by atoms with Crippen molar-refractivity contribution in [3.63, 3.8) is 0 Å². The number of amides is 1. The van der Waals surface area contributed by atoms with E-state index >= 15 is 0 Å².